The van der Waals surface area contributed by atoms with E-state index in [0.29, 0.717) is 10.6 Å². The molecule has 0 unspecified atom stereocenters. The van der Waals surface area contributed by atoms with Gasteiger partial charge in [0.1, 0.15) is 13.6 Å². The Balaban J connectivity index is 1.95. The number of methoxy groups -OCH3 is 1. The van der Waals surface area contributed by atoms with Crippen molar-refractivity contribution in [3.63, 3.8) is 0 Å². The van der Waals surface area contributed by atoms with Crippen molar-refractivity contribution in [1.29, 1.82) is 0 Å². The normalized spacial score (nSPS) is 10.3. The smallest absolute Gasteiger partial charge is 0.191 e. The molecule has 21 heavy (non-hydrogen) atoms. The summed E-state index contributed by atoms with van der Waals surface area (Å²) in [6.45, 7) is 0. The van der Waals surface area contributed by atoms with Gasteiger partial charge < -0.3 is 10.1 Å². The molecular formula is C15H14BN3OS. The maximum atomic E-state index is 5.82. The first-order valence-electron chi connectivity index (χ1n) is 6.28. The Morgan fingerprint density at radius 3 is 2.67 bits per heavy atom. The van der Waals surface area contributed by atoms with Gasteiger partial charge in [-0.3, -0.25) is 5.43 Å². The van der Waals surface area contributed by atoms with Crippen LogP contribution < -0.4 is 20.9 Å². The largest absolute Gasteiger partial charge is 0.496 e. The first kappa shape index (κ1) is 15.1. The van der Waals surface area contributed by atoms with E-state index in [4.69, 9.17) is 24.8 Å². The summed E-state index contributed by atoms with van der Waals surface area (Å²) in [7, 11) is 7.44. The molecule has 0 heterocycles. The Labute approximate surface area is 130 Å². The van der Waals surface area contributed by atoms with E-state index in [1.54, 1.807) is 19.4 Å². The molecule has 0 aliphatic heterocycles. The molecule has 0 aliphatic rings. The van der Waals surface area contributed by atoms with Crippen LogP contribution in [0.1, 0.15) is 5.56 Å². The molecule has 0 amide bonds. The molecule has 4 nitrogen and oxygen atoms in total. The molecule has 2 N–H and O–H groups in total. The van der Waals surface area contributed by atoms with Gasteiger partial charge in [0, 0.05) is 11.3 Å². The van der Waals surface area contributed by atoms with Gasteiger partial charge in [0.25, 0.3) is 0 Å². The number of ether oxygens (including phenoxy) is 1. The van der Waals surface area contributed by atoms with Crippen molar-refractivity contribution in [2.75, 3.05) is 12.4 Å². The summed E-state index contributed by atoms with van der Waals surface area (Å²) in [6, 6.07) is 14.9. The first-order chi connectivity index (χ1) is 10.2. The van der Waals surface area contributed by atoms with Crippen LogP contribution in [0.15, 0.2) is 53.6 Å². The number of hydrogen-bond acceptors (Lipinski definition) is 3. The number of nitrogens with zero attached hydrogens (tertiary/aromatic N) is 1. The van der Waals surface area contributed by atoms with Crippen LogP contribution >= 0.6 is 12.2 Å². The van der Waals surface area contributed by atoms with Crippen LogP contribution in [-0.4, -0.2) is 26.3 Å². The van der Waals surface area contributed by atoms with Crippen molar-refractivity contribution in [2.45, 2.75) is 0 Å². The molecule has 0 spiro atoms. The van der Waals surface area contributed by atoms with Gasteiger partial charge in [-0.15, -0.1) is 0 Å². The van der Waals surface area contributed by atoms with Crippen molar-refractivity contribution in [3.05, 3.63) is 54.1 Å². The molecule has 0 aromatic heterocycles. The van der Waals surface area contributed by atoms with Crippen LogP contribution in [0.4, 0.5) is 5.69 Å². The van der Waals surface area contributed by atoms with Gasteiger partial charge in [-0.2, -0.15) is 5.10 Å². The van der Waals surface area contributed by atoms with Crippen molar-refractivity contribution in [3.8, 4) is 5.75 Å². The number of hydrogen-bond donors (Lipinski definition) is 2. The van der Waals surface area contributed by atoms with E-state index in [1.807, 2.05) is 42.5 Å². The van der Waals surface area contributed by atoms with Gasteiger partial charge in [-0.25, -0.2) is 0 Å². The Hall–Kier alpha value is -2.34. The second-order valence-electron chi connectivity index (χ2n) is 4.15. The lowest BCUT2D eigenvalue weighted by Gasteiger charge is -2.09. The summed E-state index contributed by atoms with van der Waals surface area (Å²) in [4.78, 5) is 0. The summed E-state index contributed by atoms with van der Waals surface area (Å²) in [6.07, 6.45) is 1.64. The summed E-state index contributed by atoms with van der Waals surface area (Å²) in [5, 5.41) is 7.41. The third-order valence-electron chi connectivity index (χ3n) is 2.72. The highest BCUT2D eigenvalue weighted by molar-refractivity contribution is 7.80. The Morgan fingerprint density at radius 1 is 1.19 bits per heavy atom. The topological polar surface area (TPSA) is 45.7 Å². The number of hydrazone groups is 1. The molecule has 2 radical (unpaired) electrons. The predicted molar refractivity (Wildman–Crippen MR) is 91.8 cm³/mol. The molecule has 0 aliphatic carbocycles. The van der Waals surface area contributed by atoms with Crippen molar-refractivity contribution >= 4 is 42.5 Å². The molecule has 2 rings (SSSR count). The van der Waals surface area contributed by atoms with Crippen LogP contribution in [0, 0.1) is 0 Å². The van der Waals surface area contributed by atoms with E-state index in [0.717, 1.165) is 17.0 Å². The number of rotatable bonds is 4. The zero-order valence-electron chi connectivity index (χ0n) is 11.5. The standard InChI is InChI=1S/C15H14BN3OS/c1-20-14-9-5-2-6-11(14)10-17-19-15(21)18-13-8-4-3-7-12(13)16/h2-10H,1H3,(H2,18,19,21)/b17-10+. The van der Waals surface area contributed by atoms with E-state index in [9.17, 15) is 0 Å². The fourth-order valence-electron chi connectivity index (χ4n) is 1.69. The summed E-state index contributed by atoms with van der Waals surface area (Å²) in [5.74, 6) is 0.745. The molecule has 0 saturated carbocycles. The van der Waals surface area contributed by atoms with E-state index >= 15 is 0 Å². The number of para-hydroxylation sites is 2. The lowest BCUT2D eigenvalue weighted by atomic mass is 9.94. The predicted octanol–water partition coefficient (Wildman–Crippen LogP) is 1.81. The second-order valence-corrected chi connectivity index (χ2v) is 4.56. The van der Waals surface area contributed by atoms with E-state index in [2.05, 4.69) is 15.8 Å². The van der Waals surface area contributed by atoms with Gasteiger partial charge >= 0.3 is 0 Å². The average Bonchev–Trinajstić information content (AvgIpc) is 2.50. The maximum Gasteiger partial charge on any atom is 0.191 e. The molecule has 6 heteroatoms. The fraction of sp³-hybridized carbons (Fsp3) is 0.0667. The second kappa shape index (κ2) is 7.45. The molecule has 2 aromatic rings. The van der Waals surface area contributed by atoms with E-state index < -0.39 is 0 Å². The monoisotopic (exact) mass is 295 g/mol. The third-order valence-corrected chi connectivity index (χ3v) is 2.91. The first-order valence-corrected chi connectivity index (χ1v) is 6.69. The van der Waals surface area contributed by atoms with Crippen molar-refractivity contribution in [1.82, 2.24) is 5.43 Å². The lowest BCUT2D eigenvalue weighted by Crippen LogP contribution is -2.26. The minimum Gasteiger partial charge on any atom is -0.496 e. The van der Waals surface area contributed by atoms with E-state index in [-0.39, 0.29) is 0 Å². The lowest BCUT2D eigenvalue weighted by molar-refractivity contribution is 0.414. The zero-order valence-corrected chi connectivity index (χ0v) is 12.4. The zero-order chi connectivity index (χ0) is 15.1. The van der Waals surface area contributed by atoms with Gasteiger partial charge in [0.05, 0.1) is 13.3 Å². The van der Waals surface area contributed by atoms with Crippen LogP contribution in [0.2, 0.25) is 0 Å². The van der Waals surface area contributed by atoms with Gasteiger partial charge in [-0.05, 0) is 30.4 Å². The molecular weight excluding hydrogens is 281 g/mol. The molecule has 104 valence electrons. The third kappa shape index (κ3) is 4.32. The molecule has 2 aromatic carbocycles. The van der Waals surface area contributed by atoms with Gasteiger partial charge in [0.15, 0.2) is 5.11 Å². The van der Waals surface area contributed by atoms with Gasteiger partial charge in [0.2, 0.25) is 0 Å². The number of nitrogens with one attached hydrogen (secondary N) is 2. The number of anilines is 1. The molecule has 0 atom stereocenters. The quantitative estimate of drug-likeness (QED) is 0.391. The maximum absolute atomic E-state index is 5.82. The molecule has 0 saturated heterocycles. The highest BCUT2D eigenvalue weighted by atomic mass is 32.1. The highest BCUT2D eigenvalue weighted by Crippen LogP contribution is 2.14. The Kier molecular flexibility index (Phi) is 5.34. The van der Waals surface area contributed by atoms with Crippen LogP contribution in [0.5, 0.6) is 5.75 Å². The van der Waals surface area contributed by atoms with Gasteiger partial charge in [-0.1, -0.05) is 35.8 Å². The number of thiocarbonyl (C=S) groups is 1. The molecule has 0 fully saturated rings. The van der Waals surface area contributed by atoms with Crippen molar-refractivity contribution in [2.24, 2.45) is 5.10 Å². The SMILES string of the molecule is [B]c1ccccc1NC(=S)N/N=C/c1ccccc1OC. The van der Waals surface area contributed by atoms with Crippen LogP contribution in [-0.2, 0) is 0 Å². The number of benzene rings is 2. The summed E-state index contributed by atoms with van der Waals surface area (Å²) < 4.78 is 5.23. The highest BCUT2D eigenvalue weighted by Gasteiger charge is 1.99. The minimum atomic E-state index is 0.360. The van der Waals surface area contributed by atoms with E-state index in [1.165, 1.54) is 0 Å². The average molecular weight is 295 g/mol. The summed E-state index contributed by atoms with van der Waals surface area (Å²) >= 11 is 5.15. The van der Waals surface area contributed by atoms with Crippen molar-refractivity contribution < 1.29 is 4.74 Å². The van der Waals surface area contributed by atoms with Crippen LogP contribution in [0.25, 0.3) is 0 Å². The molecule has 0 bridgehead atoms. The summed E-state index contributed by atoms with van der Waals surface area (Å²) in [5.41, 5.74) is 4.95. The van der Waals surface area contributed by atoms with Crippen LogP contribution in [0.3, 0.4) is 0 Å². The minimum absolute atomic E-state index is 0.360. The Morgan fingerprint density at radius 2 is 1.90 bits per heavy atom. The fourth-order valence-corrected chi connectivity index (χ4v) is 1.86. The Bertz CT molecular complexity index is 661.